The minimum absolute atomic E-state index is 0.111. The van der Waals surface area contributed by atoms with E-state index in [1.807, 2.05) is 25.1 Å². The van der Waals surface area contributed by atoms with Crippen molar-refractivity contribution in [2.24, 2.45) is 0 Å². The van der Waals surface area contributed by atoms with Gasteiger partial charge in [-0.2, -0.15) is 0 Å². The van der Waals surface area contributed by atoms with Crippen LogP contribution in [0.2, 0.25) is 0 Å². The van der Waals surface area contributed by atoms with Gasteiger partial charge in [-0.05, 0) is 31.6 Å². The largest absolute Gasteiger partial charge is 0.449 e. The standard InChI is InChI=1S/C14H17NO4S/c1-3-19-14(16)15(12-8-9-20(17,18)10-12)13-7-5-4-6-11(13)2/h4-9,12H,3,10H2,1-2H3. The Morgan fingerprint density at radius 1 is 1.40 bits per heavy atom. The first-order valence-electron chi connectivity index (χ1n) is 6.37. The predicted molar refractivity (Wildman–Crippen MR) is 77.4 cm³/mol. The normalized spacial score (nSPS) is 19.8. The van der Waals surface area contributed by atoms with Crippen molar-refractivity contribution < 1.29 is 17.9 Å². The third-order valence-electron chi connectivity index (χ3n) is 3.08. The third-order valence-corrected chi connectivity index (χ3v) is 4.46. The highest BCUT2D eigenvalue weighted by Crippen LogP contribution is 2.26. The Kier molecular flexibility index (Phi) is 4.13. The van der Waals surface area contributed by atoms with Crippen molar-refractivity contribution in [2.75, 3.05) is 17.3 Å². The number of amides is 1. The number of anilines is 1. The first-order valence-corrected chi connectivity index (χ1v) is 8.08. The summed E-state index contributed by atoms with van der Waals surface area (Å²) in [5.74, 6) is -0.111. The van der Waals surface area contributed by atoms with E-state index in [4.69, 9.17) is 4.74 Å². The summed E-state index contributed by atoms with van der Waals surface area (Å²) >= 11 is 0. The molecule has 0 saturated carbocycles. The molecule has 6 heteroatoms. The number of aryl methyl sites for hydroxylation is 1. The zero-order valence-corrected chi connectivity index (χ0v) is 12.3. The molecule has 1 aliphatic rings. The van der Waals surface area contributed by atoms with Crippen LogP contribution in [0.3, 0.4) is 0 Å². The number of carbonyl (C=O) groups is 1. The van der Waals surface area contributed by atoms with Gasteiger partial charge in [0, 0.05) is 5.41 Å². The highest BCUT2D eigenvalue weighted by atomic mass is 32.2. The van der Waals surface area contributed by atoms with Crippen LogP contribution >= 0.6 is 0 Å². The van der Waals surface area contributed by atoms with E-state index >= 15 is 0 Å². The quantitative estimate of drug-likeness (QED) is 0.858. The van der Waals surface area contributed by atoms with Gasteiger partial charge in [-0.3, -0.25) is 4.90 Å². The zero-order chi connectivity index (χ0) is 14.8. The van der Waals surface area contributed by atoms with E-state index in [2.05, 4.69) is 0 Å². The fourth-order valence-corrected chi connectivity index (χ4v) is 3.43. The fourth-order valence-electron chi connectivity index (χ4n) is 2.16. The molecule has 1 aliphatic heterocycles. The van der Waals surface area contributed by atoms with E-state index in [1.165, 1.54) is 11.0 Å². The Morgan fingerprint density at radius 3 is 2.65 bits per heavy atom. The van der Waals surface area contributed by atoms with Gasteiger partial charge < -0.3 is 4.74 Å². The highest BCUT2D eigenvalue weighted by Gasteiger charge is 2.32. The van der Waals surface area contributed by atoms with Crippen LogP contribution in [0, 0.1) is 6.92 Å². The molecule has 20 heavy (non-hydrogen) atoms. The number of para-hydroxylation sites is 1. The molecule has 0 aromatic heterocycles. The molecule has 0 spiro atoms. The molecule has 0 fully saturated rings. The van der Waals surface area contributed by atoms with Gasteiger partial charge in [-0.15, -0.1) is 0 Å². The first-order chi connectivity index (χ1) is 9.44. The molecule has 2 rings (SSSR count). The third kappa shape index (κ3) is 3.01. The number of benzene rings is 1. The second kappa shape index (κ2) is 5.66. The molecule has 1 heterocycles. The van der Waals surface area contributed by atoms with Crippen molar-refractivity contribution in [3.63, 3.8) is 0 Å². The molecule has 1 aromatic rings. The minimum atomic E-state index is -3.24. The van der Waals surface area contributed by atoms with E-state index in [-0.39, 0.29) is 12.4 Å². The predicted octanol–water partition coefficient (Wildman–Crippen LogP) is 2.27. The molecule has 108 valence electrons. The SMILES string of the molecule is CCOC(=O)N(c1ccccc1C)C1C=CS(=O)(=O)C1. The van der Waals surface area contributed by atoms with Crippen molar-refractivity contribution >= 4 is 21.6 Å². The second-order valence-corrected chi connectivity index (χ2v) is 6.51. The molecule has 1 aromatic carbocycles. The lowest BCUT2D eigenvalue weighted by Gasteiger charge is -2.27. The monoisotopic (exact) mass is 295 g/mol. The molecule has 1 unspecified atom stereocenters. The summed E-state index contributed by atoms with van der Waals surface area (Å²) in [5.41, 5.74) is 1.55. The maximum absolute atomic E-state index is 12.2. The van der Waals surface area contributed by atoms with Gasteiger partial charge in [0.15, 0.2) is 9.84 Å². The van der Waals surface area contributed by atoms with Gasteiger partial charge in [-0.1, -0.05) is 18.2 Å². The number of hydrogen-bond acceptors (Lipinski definition) is 4. The lowest BCUT2D eigenvalue weighted by molar-refractivity contribution is 0.159. The number of carbonyl (C=O) groups excluding carboxylic acids is 1. The summed E-state index contributed by atoms with van der Waals surface area (Å²) in [6.45, 7) is 3.83. The zero-order valence-electron chi connectivity index (χ0n) is 11.4. The number of rotatable bonds is 3. The lowest BCUT2D eigenvalue weighted by atomic mass is 10.1. The van der Waals surface area contributed by atoms with Crippen molar-refractivity contribution in [2.45, 2.75) is 19.9 Å². The average molecular weight is 295 g/mol. The number of nitrogens with zero attached hydrogens (tertiary/aromatic N) is 1. The van der Waals surface area contributed by atoms with Crippen LogP contribution < -0.4 is 4.90 Å². The lowest BCUT2D eigenvalue weighted by Crippen LogP contribution is -2.42. The van der Waals surface area contributed by atoms with Gasteiger partial charge >= 0.3 is 6.09 Å². The molecule has 5 nitrogen and oxygen atoms in total. The van der Waals surface area contributed by atoms with E-state index in [1.54, 1.807) is 13.0 Å². The second-order valence-electron chi connectivity index (χ2n) is 4.58. The minimum Gasteiger partial charge on any atom is -0.449 e. The highest BCUT2D eigenvalue weighted by molar-refractivity contribution is 7.94. The average Bonchev–Trinajstić information content (AvgIpc) is 2.73. The summed E-state index contributed by atoms with van der Waals surface area (Å²) < 4.78 is 28.2. The van der Waals surface area contributed by atoms with Gasteiger partial charge in [0.25, 0.3) is 0 Å². The van der Waals surface area contributed by atoms with E-state index < -0.39 is 22.0 Å². The molecular weight excluding hydrogens is 278 g/mol. The Balaban J connectivity index is 2.39. The summed E-state index contributed by atoms with van der Waals surface area (Å²) in [7, 11) is -3.24. The molecule has 0 saturated heterocycles. The van der Waals surface area contributed by atoms with E-state index in [0.717, 1.165) is 11.0 Å². The van der Waals surface area contributed by atoms with Gasteiger partial charge in [0.05, 0.1) is 24.1 Å². The van der Waals surface area contributed by atoms with Crippen molar-refractivity contribution in [1.82, 2.24) is 0 Å². The summed E-state index contributed by atoms with van der Waals surface area (Å²) in [4.78, 5) is 13.6. The smallest absolute Gasteiger partial charge is 0.414 e. The van der Waals surface area contributed by atoms with Crippen LogP contribution in [0.15, 0.2) is 35.7 Å². The Labute approximate surface area is 118 Å². The maximum Gasteiger partial charge on any atom is 0.414 e. The number of hydrogen-bond donors (Lipinski definition) is 0. The van der Waals surface area contributed by atoms with Crippen molar-refractivity contribution in [1.29, 1.82) is 0 Å². The van der Waals surface area contributed by atoms with Crippen LogP contribution in [0.5, 0.6) is 0 Å². The Hall–Kier alpha value is -1.82. The molecule has 0 bridgehead atoms. The van der Waals surface area contributed by atoms with Gasteiger partial charge in [0.2, 0.25) is 0 Å². The van der Waals surface area contributed by atoms with E-state index in [9.17, 15) is 13.2 Å². The molecule has 0 N–H and O–H groups in total. The molecule has 0 radical (unpaired) electrons. The number of sulfone groups is 1. The van der Waals surface area contributed by atoms with Crippen LogP contribution in [0.25, 0.3) is 0 Å². The first kappa shape index (κ1) is 14.6. The molecule has 1 atom stereocenters. The van der Waals surface area contributed by atoms with Crippen LogP contribution in [-0.4, -0.2) is 32.9 Å². The Bertz CT molecular complexity index is 636. The van der Waals surface area contributed by atoms with E-state index in [0.29, 0.717) is 5.69 Å². The Morgan fingerprint density at radius 2 is 2.10 bits per heavy atom. The number of ether oxygens (including phenoxy) is 1. The topological polar surface area (TPSA) is 63.7 Å². The van der Waals surface area contributed by atoms with Crippen LogP contribution in [-0.2, 0) is 14.6 Å². The maximum atomic E-state index is 12.2. The fraction of sp³-hybridized carbons (Fsp3) is 0.357. The molecular formula is C14H17NO4S. The summed E-state index contributed by atoms with van der Waals surface area (Å²) in [5, 5.41) is 1.15. The molecule has 0 aliphatic carbocycles. The van der Waals surface area contributed by atoms with Crippen molar-refractivity contribution in [3.8, 4) is 0 Å². The summed E-state index contributed by atoms with van der Waals surface area (Å²) in [6.07, 6.45) is 0.993. The van der Waals surface area contributed by atoms with Crippen LogP contribution in [0.4, 0.5) is 10.5 Å². The van der Waals surface area contributed by atoms with Crippen LogP contribution in [0.1, 0.15) is 12.5 Å². The molecule has 1 amide bonds. The van der Waals surface area contributed by atoms with Gasteiger partial charge in [0.1, 0.15) is 0 Å². The summed E-state index contributed by atoms with van der Waals surface area (Å²) in [6, 6.07) is 6.80. The van der Waals surface area contributed by atoms with Crippen molar-refractivity contribution in [3.05, 3.63) is 41.3 Å². The van der Waals surface area contributed by atoms with Gasteiger partial charge in [-0.25, -0.2) is 13.2 Å².